The van der Waals surface area contributed by atoms with Crippen molar-refractivity contribution >= 4 is 27.8 Å². The van der Waals surface area contributed by atoms with Crippen LogP contribution < -0.4 is 14.8 Å². The average Bonchev–Trinajstić information content (AvgIpc) is 2.45. The van der Waals surface area contributed by atoms with E-state index in [2.05, 4.69) is 27.2 Å². The summed E-state index contributed by atoms with van der Waals surface area (Å²) in [7, 11) is 2.85. The summed E-state index contributed by atoms with van der Waals surface area (Å²) >= 11 is 3.26. The first-order chi connectivity index (χ1) is 9.94. The molecule has 0 saturated heterocycles. The summed E-state index contributed by atoms with van der Waals surface area (Å²) in [6.07, 6.45) is 4.97. The molecule has 7 heteroatoms. The lowest BCUT2D eigenvalue weighted by Crippen LogP contribution is -2.40. The number of rotatable bonds is 6. The van der Waals surface area contributed by atoms with E-state index >= 15 is 0 Å². The number of carbonyl (C=O) groups is 2. The minimum atomic E-state index is -1.21. The zero-order valence-electron chi connectivity index (χ0n) is 11.5. The molecule has 0 heterocycles. The van der Waals surface area contributed by atoms with Crippen LogP contribution in [0, 0.1) is 12.3 Å². The van der Waals surface area contributed by atoms with Crippen LogP contribution >= 0.6 is 15.9 Å². The second-order valence-electron chi connectivity index (χ2n) is 3.96. The number of carboxylic acid groups (broad SMARTS) is 1. The molecule has 6 nitrogen and oxygen atoms in total. The molecule has 0 aliphatic rings. The van der Waals surface area contributed by atoms with Crippen molar-refractivity contribution < 1.29 is 24.2 Å². The molecule has 1 atom stereocenters. The largest absolute Gasteiger partial charge is 0.497 e. The topological polar surface area (TPSA) is 84.9 Å². The first-order valence-electron chi connectivity index (χ1n) is 5.83. The fraction of sp³-hybridized carbons (Fsp3) is 0.286. The van der Waals surface area contributed by atoms with E-state index in [4.69, 9.17) is 21.0 Å². The Bertz CT molecular complexity index is 594. The number of benzene rings is 1. The summed E-state index contributed by atoms with van der Waals surface area (Å²) in [5.74, 6) is 1.09. The van der Waals surface area contributed by atoms with Crippen molar-refractivity contribution in [3.63, 3.8) is 0 Å². The van der Waals surface area contributed by atoms with Crippen LogP contribution in [-0.4, -0.2) is 37.2 Å². The Morgan fingerprint density at radius 2 is 2.10 bits per heavy atom. The number of terminal acetylenes is 1. The molecule has 2 N–H and O–H groups in total. The van der Waals surface area contributed by atoms with E-state index in [9.17, 15) is 9.59 Å². The van der Waals surface area contributed by atoms with Crippen molar-refractivity contribution in [3.8, 4) is 23.8 Å². The van der Waals surface area contributed by atoms with Crippen molar-refractivity contribution in [2.24, 2.45) is 0 Å². The van der Waals surface area contributed by atoms with E-state index < -0.39 is 17.9 Å². The summed E-state index contributed by atoms with van der Waals surface area (Å²) < 4.78 is 10.7. The summed E-state index contributed by atoms with van der Waals surface area (Å²) in [4.78, 5) is 23.3. The van der Waals surface area contributed by atoms with Crippen LogP contribution in [0.1, 0.15) is 16.8 Å². The first kappa shape index (κ1) is 16.9. The minimum absolute atomic E-state index is 0.117. The monoisotopic (exact) mass is 355 g/mol. The number of hydrogen-bond donors (Lipinski definition) is 2. The quantitative estimate of drug-likeness (QED) is 0.758. The van der Waals surface area contributed by atoms with E-state index in [1.165, 1.54) is 20.3 Å². The normalized spacial score (nSPS) is 11.1. The van der Waals surface area contributed by atoms with Crippen molar-refractivity contribution in [1.82, 2.24) is 5.32 Å². The van der Waals surface area contributed by atoms with E-state index in [1.54, 1.807) is 6.07 Å². The maximum atomic E-state index is 12.2. The maximum Gasteiger partial charge on any atom is 0.327 e. The van der Waals surface area contributed by atoms with Gasteiger partial charge >= 0.3 is 5.97 Å². The molecule has 112 valence electrons. The number of ether oxygens (including phenoxy) is 2. The molecule has 0 bridgehead atoms. The lowest BCUT2D eigenvalue weighted by molar-refractivity contribution is -0.139. The third-order valence-corrected chi connectivity index (χ3v) is 3.22. The molecular weight excluding hydrogens is 342 g/mol. The van der Waals surface area contributed by atoms with Crippen LogP contribution in [0.4, 0.5) is 0 Å². The van der Waals surface area contributed by atoms with Crippen LogP contribution in [0.5, 0.6) is 11.5 Å². The van der Waals surface area contributed by atoms with E-state index in [1.807, 2.05) is 0 Å². The fourth-order valence-corrected chi connectivity index (χ4v) is 2.22. The van der Waals surface area contributed by atoms with Gasteiger partial charge in [-0.25, -0.2) is 4.79 Å². The van der Waals surface area contributed by atoms with Crippen LogP contribution in [0.25, 0.3) is 0 Å². The number of amides is 1. The Labute approximate surface area is 130 Å². The third-order valence-electron chi connectivity index (χ3n) is 2.63. The molecule has 0 aromatic heterocycles. The zero-order chi connectivity index (χ0) is 16.0. The van der Waals surface area contributed by atoms with Crippen molar-refractivity contribution in [1.29, 1.82) is 0 Å². The molecule has 0 saturated carbocycles. The minimum Gasteiger partial charge on any atom is -0.497 e. The number of carbonyl (C=O) groups excluding carboxylic acids is 1. The van der Waals surface area contributed by atoms with Crippen LogP contribution in [0.2, 0.25) is 0 Å². The van der Waals surface area contributed by atoms with Gasteiger partial charge in [0.05, 0.1) is 24.3 Å². The summed E-state index contributed by atoms with van der Waals surface area (Å²) in [6.45, 7) is 0. The zero-order valence-corrected chi connectivity index (χ0v) is 13.1. The highest BCUT2D eigenvalue weighted by molar-refractivity contribution is 9.10. The lowest BCUT2D eigenvalue weighted by Gasteiger charge is -2.15. The Balaban J connectivity index is 3.14. The second-order valence-corrected chi connectivity index (χ2v) is 4.82. The lowest BCUT2D eigenvalue weighted by atomic mass is 10.1. The number of aliphatic carboxylic acids is 1. The van der Waals surface area contributed by atoms with Gasteiger partial charge in [-0.2, -0.15) is 0 Å². The van der Waals surface area contributed by atoms with Gasteiger partial charge in [-0.05, 0) is 28.1 Å². The fourth-order valence-electron chi connectivity index (χ4n) is 1.62. The number of methoxy groups -OCH3 is 2. The van der Waals surface area contributed by atoms with Crippen LogP contribution in [-0.2, 0) is 4.79 Å². The van der Waals surface area contributed by atoms with Gasteiger partial charge in [-0.3, -0.25) is 4.79 Å². The smallest absolute Gasteiger partial charge is 0.327 e. The molecule has 21 heavy (non-hydrogen) atoms. The summed E-state index contributed by atoms with van der Waals surface area (Å²) in [5, 5.41) is 11.4. The van der Waals surface area contributed by atoms with Gasteiger partial charge in [-0.15, -0.1) is 12.3 Å². The second kappa shape index (κ2) is 7.55. The Morgan fingerprint density at radius 1 is 1.43 bits per heavy atom. The molecule has 0 spiro atoms. The highest BCUT2D eigenvalue weighted by atomic mass is 79.9. The Hall–Kier alpha value is -2.20. The molecule has 1 unspecified atom stereocenters. The summed E-state index contributed by atoms with van der Waals surface area (Å²) in [6, 6.07) is 1.91. The highest BCUT2D eigenvalue weighted by Crippen LogP contribution is 2.33. The molecule has 0 aliphatic heterocycles. The van der Waals surface area contributed by atoms with Gasteiger partial charge in [0.2, 0.25) is 0 Å². The van der Waals surface area contributed by atoms with E-state index in [0.29, 0.717) is 10.2 Å². The molecule has 1 aromatic carbocycles. The number of carboxylic acids is 1. The predicted octanol–water partition coefficient (Wildman–Crippen LogP) is 1.67. The predicted molar refractivity (Wildman–Crippen MR) is 79.6 cm³/mol. The van der Waals surface area contributed by atoms with Crippen LogP contribution in [0.3, 0.4) is 0 Å². The Morgan fingerprint density at radius 3 is 2.57 bits per heavy atom. The van der Waals surface area contributed by atoms with Crippen LogP contribution in [0.15, 0.2) is 16.6 Å². The number of hydrogen-bond acceptors (Lipinski definition) is 4. The molecule has 1 amide bonds. The van der Waals surface area contributed by atoms with Gasteiger partial charge < -0.3 is 19.9 Å². The van der Waals surface area contributed by atoms with Gasteiger partial charge in [0, 0.05) is 6.42 Å². The average molecular weight is 356 g/mol. The van der Waals surface area contributed by atoms with Crippen molar-refractivity contribution in [2.45, 2.75) is 12.5 Å². The first-order valence-corrected chi connectivity index (χ1v) is 6.62. The number of nitrogens with one attached hydrogen (secondary N) is 1. The molecule has 1 rings (SSSR count). The Kier molecular flexibility index (Phi) is 6.06. The molecule has 0 radical (unpaired) electrons. The van der Waals surface area contributed by atoms with E-state index in [0.717, 1.165) is 0 Å². The molecule has 0 aliphatic carbocycles. The van der Waals surface area contributed by atoms with E-state index in [-0.39, 0.29) is 17.7 Å². The molecular formula is C14H14BrNO5. The van der Waals surface area contributed by atoms with Gasteiger partial charge in [0.1, 0.15) is 17.5 Å². The number of halogens is 1. The molecule has 1 aromatic rings. The highest BCUT2D eigenvalue weighted by Gasteiger charge is 2.23. The standard InChI is InChI=1S/C14H14BrNO5/c1-4-5-11(14(18)19)16-13(17)9-6-8(20-2)7-10(15)12(9)21-3/h1,6-7,11H,5H2,2-3H3,(H,16,17)(H,18,19). The summed E-state index contributed by atoms with van der Waals surface area (Å²) in [5.41, 5.74) is 0.145. The van der Waals surface area contributed by atoms with Crippen molar-refractivity contribution in [3.05, 3.63) is 22.2 Å². The maximum absolute atomic E-state index is 12.2. The molecule has 0 fully saturated rings. The SMILES string of the molecule is C#CCC(NC(=O)c1cc(OC)cc(Br)c1OC)C(=O)O. The van der Waals surface area contributed by atoms with Gasteiger partial charge in [0.25, 0.3) is 5.91 Å². The van der Waals surface area contributed by atoms with Gasteiger partial charge in [0.15, 0.2) is 0 Å². The van der Waals surface area contributed by atoms with Crippen molar-refractivity contribution in [2.75, 3.05) is 14.2 Å². The van der Waals surface area contributed by atoms with Gasteiger partial charge in [-0.1, -0.05) is 0 Å². The third kappa shape index (κ3) is 4.13.